The number of anilines is 1. The molecule has 1 amide bonds. The smallest absolute Gasteiger partial charge is 0.258 e. The zero-order chi connectivity index (χ0) is 15.5. The average Bonchev–Trinajstić information content (AvgIpc) is 2.96. The second-order valence-electron chi connectivity index (χ2n) is 4.41. The number of amides is 1. The largest absolute Gasteiger partial charge is 0.319 e. The molecule has 0 atom stereocenters. The summed E-state index contributed by atoms with van der Waals surface area (Å²) in [6, 6.07) is 10.3. The van der Waals surface area contributed by atoms with Gasteiger partial charge >= 0.3 is 0 Å². The highest BCUT2D eigenvalue weighted by molar-refractivity contribution is 6.40. The quantitative estimate of drug-likeness (QED) is 0.760. The van der Waals surface area contributed by atoms with Gasteiger partial charge in [0.1, 0.15) is 5.69 Å². The van der Waals surface area contributed by atoms with Crippen molar-refractivity contribution < 1.29 is 4.79 Å². The molecule has 0 saturated heterocycles. The number of carbonyl (C=O) groups excluding carboxylic acids is 1. The molecule has 3 rings (SSSR count). The third-order valence-corrected chi connectivity index (χ3v) is 3.62. The summed E-state index contributed by atoms with van der Waals surface area (Å²) in [6.45, 7) is 0. The third-order valence-electron chi connectivity index (χ3n) is 2.99. The summed E-state index contributed by atoms with van der Waals surface area (Å²) in [7, 11) is 0. The maximum Gasteiger partial charge on any atom is 0.258 e. The van der Waals surface area contributed by atoms with Gasteiger partial charge in [-0.3, -0.25) is 14.9 Å². The minimum atomic E-state index is -0.408. The molecule has 2 N–H and O–H groups in total. The van der Waals surface area contributed by atoms with E-state index >= 15 is 0 Å². The number of nitrogens with one attached hydrogen (secondary N) is 2. The Hall–Kier alpha value is -2.37. The number of rotatable bonds is 3. The molecule has 0 aliphatic heterocycles. The first-order chi connectivity index (χ1) is 10.7. The number of aromatic nitrogens is 3. The zero-order valence-electron chi connectivity index (χ0n) is 11.2. The minimum Gasteiger partial charge on any atom is -0.319 e. The SMILES string of the molecule is O=C(Nc1c[nH]nc1-c1ccccn1)c1c(Cl)cccc1Cl. The van der Waals surface area contributed by atoms with Gasteiger partial charge in [0.05, 0.1) is 27.0 Å². The maximum atomic E-state index is 12.4. The standard InChI is InChI=1S/C15H10Cl2N4O/c16-9-4-3-5-10(17)13(9)15(22)20-12-8-19-21-14(12)11-6-1-2-7-18-11/h1-8H,(H,19,21)(H,20,22). The lowest BCUT2D eigenvalue weighted by Gasteiger charge is -2.08. The Balaban J connectivity index is 1.92. The van der Waals surface area contributed by atoms with E-state index in [1.807, 2.05) is 6.07 Å². The molecule has 110 valence electrons. The van der Waals surface area contributed by atoms with E-state index in [2.05, 4.69) is 20.5 Å². The monoisotopic (exact) mass is 332 g/mol. The van der Waals surface area contributed by atoms with E-state index in [9.17, 15) is 4.79 Å². The molecule has 0 aliphatic carbocycles. The van der Waals surface area contributed by atoms with Crippen LogP contribution in [0.2, 0.25) is 10.0 Å². The Kier molecular flexibility index (Phi) is 4.09. The van der Waals surface area contributed by atoms with Crippen molar-refractivity contribution in [2.24, 2.45) is 0 Å². The fourth-order valence-corrected chi connectivity index (χ4v) is 2.55. The van der Waals surface area contributed by atoms with Gasteiger partial charge in [-0.15, -0.1) is 0 Å². The molecular weight excluding hydrogens is 323 g/mol. The lowest BCUT2D eigenvalue weighted by Crippen LogP contribution is -2.13. The zero-order valence-corrected chi connectivity index (χ0v) is 12.7. The van der Waals surface area contributed by atoms with Crippen molar-refractivity contribution in [3.05, 3.63) is 64.4 Å². The van der Waals surface area contributed by atoms with Crippen molar-refractivity contribution in [1.82, 2.24) is 15.2 Å². The first-order valence-electron chi connectivity index (χ1n) is 6.37. The lowest BCUT2D eigenvalue weighted by atomic mass is 10.2. The number of benzene rings is 1. The van der Waals surface area contributed by atoms with Gasteiger partial charge in [-0.05, 0) is 24.3 Å². The van der Waals surface area contributed by atoms with Crippen molar-refractivity contribution >= 4 is 34.8 Å². The maximum absolute atomic E-state index is 12.4. The molecule has 3 aromatic rings. The summed E-state index contributed by atoms with van der Waals surface area (Å²) in [5.41, 5.74) is 1.90. The second kappa shape index (κ2) is 6.17. The Morgan fingerprint density at radius 1 is 1.09 bits per heavy atom. The average molecular weight is 333 g/mol. The van der Waals surface area contributed by atoms with Gasteiger partial charge in [-0.1, -0.05) is 35.3 Å². The Morgan fingerprint density at radius 2 is 1.86 bits per heavy atom. The molecule has 2 aromatic heterocycles. The van der Waals surface area contributed by atoms with Gasteiger partial charge in [0.2, 0.25) is 0 Å². The molecule has 0 spiro atoms. The summed E-state index contributed by atoms with van der Waals surface area (Å²) in [4.78, 5) is 16.6. The number of aromatic amines is 1. The molecule has 0 radical (unpaired) electrons. The molecule has 0 bridgehead atoms. The highest BCUT2D eigenvalue weighted by Crippen LogP contribution is 2.27. The fraction of sp³-hybridized carbons (Fsp3) is 0. The molecule has 2 heterocycles. The summed E-state index contributed by atoms with van der Waals surface area (Å²) in [5, 5.41) is 10.1. The van der Waals surface area contributed by atoms with Gasteiger partial charge < -0.3 is 5.32 Å². The van der Waals surface area contributed by atoms with Crippen LogP contribution in [0.1, 0.15) is 10.4 Å². The van der Waals surface area contributed by atoms with Crippen LogP contribution in [-0.2, 0) is 0 Å². The van der Waals surface area contributed by atoms with Gasteiger partial charge in [0.15, 0.2) is 0 Å². The Labute approximate surface area is 136 Å². The number of carbonyl (C=O) groups is 1. The number of nitrogens with zero attached hydrogens (tertiary/aromatic N) is 2. The third kappa shape index (κ3) is 2.81. The van der Waals surface area contributed by atoms with Crippen LogP contribution >= 0.6 is 23.2 Å². The van der Waals surface area contributed by atoms with Crippen LogP contribution in [0.4, 0.5) is 5.69 Å². The van der Waals surface area contributed by atoms with Gasteiger partial charge in [-0.2, -0.15) is 5.10 Å². The predicted molar refractivity (Wildman–Crippen MR) is 86.2 cm³/mol. The summed E-state index contributed by atoms with van der Waals surface area (Å²) in [6.07, 6.45) is 3.23. The van der Waals surface area contributed by atoms with E-state index in [-0.39, 0.29) is 15.6 Å². The van der Waals surface area contributed by atoms with E-state index in [0.717, 1.165) is 0 Å². The molecule has 0 fully saturated rings. The molecule has 1 aromatic carbocycles. The molecule has 7 heteroatoms. The van der Waals surface area contributed by atoms with Gasteiger partial charge in [-0.25, -0.2) is 0 Å². The Bertz CT molecular complexity index is 797. The van der Waals surface area contributed by atoms with E-state index in [0.29, 0.717) is 17.1 Å². The van der Waals surface area contributed by atoms with E-state index in [4.69, 9.17) is 23.2 Å². The van der Waals surface area contributed by atoms with Crippen molar-refractivity contribution in [3.8, 4) is 11.4 Å². The number of H-pyrrole nitrogens is 1. The number of hydrogen-bond acceptors (Lipinski definition) is 3. The summed E-state index contributed by atoms with van der Waals surface area (Å²) >= 11 is 12.1. The first kappa shape index (κ1) is 14.6. The molecule has 0 unspecified atom stereocenters. The van der Waals surface area contributed by atoms with E-state index in [1.54, 1.807) is 42.7 Å². The van der Waals surface area contributed by atoms with Crippen molar-refractivity contribution in [2.45, 2.75) is 0 Å². The number of halogens is 2. The molecular formula is C15H10Cl2N4O. The number of pyridine rings is 1. The van der Waals surface area contributed by atoms with Crippen molar-refractivity contribution in [3.63, 3.8) is 0 Å². The van der Waals surface area contributed by atoms with Crippen LogP contribution in [0.3, 0.4) is 0 Å². The molecule has 0 aliphatic rings. The van der Waals surface area contributed by atoms with Crippen LogP contribution in [0.15, 0.2) is 48.8 Å². The normalized spacial score (nSPS) is 10.5. The van der Waals surface area contributed by atoms with Crippen LogP contribution in [0, 0.1) is 0 Å². The van der Waals surface area contributed by atoms with Gasteiger partial charge in [0, 0.05) is 12.4 Å². The summed E-state index contributed by atoms with van der Waals surface area (Å²) < 4.78 is 0. The van der Waals surface area contributed by atoms with Gasteiger partial charge in [0.25, 0.3) is 5.91 Å². The van der Waals surface area contributed by atoms with Crippen LogP contribution in [-0.4, -0.2) is 21.1 Å². The van der Waals surface area contributed by atoms with E-state index in [1.165, 1.54) is 0 Å². The molecule has 0 saturated carbocycles. The number of hydrogen-bond donors (Lipinski definition) is 2. The van der Waals surface area contributed by atoms with Crippen molar-refractivity contribution in [2.75, 3.05) is 5.32 Å². The second-order valence-corrected chi connectivity index (χ2v) is 5.23. The molecule has 5 nitrogen and oxygen atoms in total. The summed E-state index contributed by atoms with van der Waals surface area (Å²) in [5.74, 6) is -0.408. The highest BCUT2D eigenvalue weighted by Gasteiger charge is 2.17. The highest BCUT2D eigenvalue weighted by atomic mass is 35.5. The fourth-order valence-electron chi connectivity index (χ4n) is 1.98. The van der Waals surface area contributed by atoms with Crippen molar-refractivity contribution in [1.29, 1.82) is 0 Å². The van der Waals surface area contributed by atoms with Crippen LogP contribution < -0.4 is 5.32 Å². The topological polar surface area (TPSA) is 70.7 Å². The van der Waals surface area contributed by atoms with Crippen LogP contribution in [0.5, 0.6) is 0 Å². The molecule has 22 heavy (non-hydrogen) atoms. The first-order valence-corrected chi connectivity index (χ1v) is 7.13. The lowest BCUT2D eigenvalue weighted by molar-refractivity contribution is 0.102. The van der Waals surface area contributed by atoms with Crippen LogP contribution in [0.25, 0.3) is 11.4 Å². The Morgan fingerprint density at radius 3 is 2.55 bits per heavy atom. The minimum absolute atomic E-state index is 0.221. The van der Waals surface area contributed by atoms with E-state index < -0.39 is 5.91 Å². The predicted octanol–water partition coefficient (Wildman–Crippen LogP) is 4.03.